The molecule has 1 aromatic carbocycles. The Morgan fingerprint density at radius 2 is 2.06 bits per heavy atom. The fourth-order valence-electron chi connectivity index (χ4n) is 1.26. The van der Waals surface area contributed by atoms with Gasteiger partial charge in [0.05, 0.1) is 5.56 Å². The molecule has 0 saturated heterocycles. The molecule has 4 heteroatoms. The third-order valence-corrected chi connectivity index (χ3v) is 2.43. The summed E-state index contributed by atoms with van der Waals surface area (Å²) in [6.07, 6.45) is 0. The Labute approximate surface area is 101 Å². The van der Waals surface area contributed by atoms with Gasteiger partial charge in [-0.3, -0.25) is 0 Å². The van der Waals surface area contributed by atoms with Gasteiger partial charge in [-0.05, 0) is 40.2 Å². The molecule has 0 bridgehead atoms. The Morgan fingerprint density at radius 1 is 1.25 bits per heavy atom. The molecule has 0 saturated carbocycles. The summed E-state index contributed by atoms with van der Waals surface area (Å²) >= 11 is 3.21. The highest BCUT2D eigenvalue weighted by Gasteiger charge is 2.04. The first-order chi connectivity index (χ1) is 7.79. The van der Waals surface area contributed by atoms with E-state index in [0.29, 0.717) is 28.3 Å². The van der Waals surface area contributed by atoms with Crippen LogP contribution in [0.4, 0.5) is 0 Å². The Kier molecular flexibility index (Phi) is 3.28. The number of hydrogen-bond donors (Lipinski definition) is 0. The van der Waals surface area contributed by atoms with Crippen LogP contribution >= 0.6 is 15.9 Å². The number of halogens is 1. The van der Waals surface area contributed by atoms with E-state index in [9.17, 15) is 0 Å². The average molecular weight is 278 g/mol. The minimum atomic E-state index is 0.310. The van der Waals surface area contributed by atoms with E-state index in [1.54, 1.807) is 24.3 Å². The molecule has 1 heterocycles. The fraction of sp³-hybridized carbons (Fsp3) is 0.0833. The summed E-state index contributed by atoms with van der Waals surface area (Å²) in [5.74, 6) is 1.28. The molecule has 2 rings (SSSR count). The summed E-state index contributed by atoms with van der Waals surface area (Å²) in [4.78, 5) is 0. The van der Waals surface area contributed by atoms with E-state index in [1.165, 1.54) is 0 Å². The van der Waals surface area contributed by atoms with E-state index in [1.807, 2.05) is 12.1 Å². The van der Waals surface area contributed by atoms with Gasteiger partial charge in [-0.1, -0.05) is 12.1 Å². The van der Waals surface area contributed by atoms with Crippen LogP contribution in [-0.2, 0) is 6.61 Å². The van der Waals surface area contributed by atoms with Gasteiger partial charge >= 0.3 is 0 Å². The molecule has 0 atom stereocenters. The van der Waals surface area contributed by atoms with E-state index >= 15 is 0 Å². The molecule has 0 aliphatic rings. The van der Waals surface area contributed by atoms with Gasteiger partial charge < -0.3 is 9.15 Å². The van der Waals surface area contributed by atoms with Crippen LogP contribution in [0.2, 0.25) is 0 Å². The van der Waals surface area contributed by atoms with Crippen LogP contribution in [-0.4, -0.2) is 0 Å². The van der Waals surface area contributed by atoms with Crippen molar-refractivity contribution in [2.75, 3.05) is 0 Å². The summed E-state index contributed by atoms with van der Waals surface area (Å²) in [7, 11) is 0. The molecular formula is C12H8BrNO2. The van der Waals surface area contributed by atoms with Crippen molar-refractivity contribution >= 4 is 15.9 Å². The highest BCUT2D eigenvalue weighted by Crippen LogP contribution is 2.20. The number of hydrogen-bond acceptors (Lipinski definition) is 3. The van der Waals surface area contributed by atoms with Crippen LogP contribution in [0.5, 0.6) is 5.75 Å². The molecular weight excluding hydrogens is 270 g/mol. The molecule has 2 aromatic rings. The second-order valence-electron chi connectivity index (χ2n) is 3.10. The van der Waals surface area contributed by atoms with E-state index in [-0.39, 0.29) is 0 Å². The zero-order valence-electron chi connectivity index (χ0n) is 8.31. The molecule has 0 aliphatic heterocycles. The Morgan fingerprint density at radius 3 is 2.75 bits per heavy atom. The van der Waals surface area contributed by atoms with Gasteiger partial charge in [0, 0.05) is 0 Å². The van der Waals surface area contributed by atoms with Crippen molar-refractivity contribution in [3.8, 4) is 11.8 Å². The quantitative estimate of drug-likeness (QED) is 0.863. The van der Waals surface area contributed by atoms with Gasteiger partial charge in [-0.25, -0.2) is 0 Å². The molecule has 16 heavy (non-hydrogen) atoms. The lowest BCUT2D eigenvalue weighted by atomic mass is 10.2. The Balaban J connectivity index is 2.08. The van der Waals surface area contributed by atoms with Crippen molar-refractivity contribution in [3.05, 3.63) is 52.4 Å². The highest BCUT2D eigenvalue weighted by atomic mass is 79.9. The SMILES string of the molecule is N#Cc1ccccc1OCc1ccc(Br)o1. The van der Waals surface area contributed by atoms with Gasteiger partial charge in [0.2, 0.25) is 0 Å². The molecule has 80 valence electrons. The van der Waals surface area contributed by atoms with Crippen LogP contribution < -0.4 is 4.74 Å². The zero-order valence-corrected chi connectivity index (χ0v) is 9.90. The first-order valence-corrected chi connectivity index (χ1v) is 5.45. The van der Waals surface area contributed by atoms with E-state index < -0.39 is 0 Å². The van der Waals surface area contributed by atoms with Crippen molar-refractivity contribution in [3.63, 3.8) is 0 Å². The van der Waals surface area contributed by atoms with Crippen molar-refractivity contribution in [2.45, 2.75) is 6.61 Å². The molecule has 3 nitrogen and oxygen atoms in total. The van der Waals surface area contributed by atoms with Crippen LogP contribution in [0.25, 0.3) is 0 Å². The van der Waals surface area contributed by atoms with Crippen LogP contribution in [0.3, 0.4) is 0 Å². The number of rotatable bonds is 3. The Hall–Kier alpha value is -1.73. The zero-order chi connectivity index (χ0) is 11.4. The van der Waals surface area contributed by atoms with Gasteiger partial charge in [0.25, 0.3) is 0 Å². The first-order valence-electron chi connectivity index (χ1n) is 4.66. The lowest BCUT2D eigenvalue weighted by Gasteiger charge is -2.05. The summed E-state index contributed by atoms with van der Waals surface area (Å²) < 4.78 is 11.4. The van der Waals surface area contributed by atoms with E-state index in [4.69, 9.17) is 14.4 Å². The summed E-state index contributed by atoms with van der Waals surface area (Å²) in [6, 6.07) is 12.8. The summed E-state index contributed by atoms with van der Waals surface area (Å²) in [5.41, 5.74) is 0.521. The van der Waals surface area contributed by atoms with E-state index in [0.717, 1.165) is 0 Å². The lowest BCUT2D eigenvalue weighted by Crippen LogP contribution is -1.95. The average Bonchev–Trinajstić information content (AvgIpc) is 2.73. The maximum atomic E-state index is 8.86. The number of para-hydroxylation sites is 1. The van der Waals surface area contributed by atoms with Gasteiger partial charge in [-0.15, -0.1) is 0 Å². The maximum Gasteiger partial charge on any atom is 0.169 e. The summed E-state index contributed by atoms with van der Waals surface area (Å²) in [6.45, 7) is 0.310. The molecule has 0 N–H and O–H groups in total. The van der Waals surface area contributed by atoms with E-state index in [2.05, 4.69) is 22.0 Å². The molecule has 1 aromatic heterocycles. The van der Waals surface area contributed by atoms with Crippen LogP contribution in [0.1, 0.15) is 11.3 Å². The smallest absolute Gasteiger partial charge is 0.169 e. The number of nitriles is 1. The summed E-state index contributed by atoms with van der Waals surface area (Å²) in [5, 5.41) is 8.86. The number of nitrogens with zero attached hydrogens (tertiary/aromatic N) is 1. The van der Waals surface area contributed by atoms with Crippen LogP contribution in [0.15, 0.2) is 45.5 Å². The third-order valence-electron chi connectivity index (χ3n) is 2.01. The van der Waals surface area contributed by atoms with Crippen molar-refractivity contribution in [2.24, 2.45) is 0 Å². The topological polar surface area (TPSA) is 46.2 Å². The number of benzene rings is 1. The number of furan rings is 1. The van der Waals surface area contributed by atoms with Crippen LogP contribution in [0, 0.1) is 11.3 Å². The van der Waals surface area contributed by atoms with Crippen molar-refractivity contribution in [1.82, 2.24) is 0 Å². The monoisotopic (exact) mass is 277 g/mol. The lowest BCUT2D eigenvalue weighted by molar-refractivity contribution is 0.267. The van der Waals surface area contributed by atoms with Gasteiger partial charge in [-0.2, -0.15) is 5.26 Å². The standard InChI is InChI=1S/C12H8BrNO2/c13-12-6-5-10(16-12)8-15-11-4-2-1-3-9(11)7-14/h1-6H,8H2. The number of ether oxygens (including phenoxy) is 1. The minimum Gasteiger partial charge on any atom is -0.484 e. The molecule has 0 radical (unpaired) electrons. The van der Waals surface area contributed by atoms with Crippen molar-refractivity contribution in [1.29, 1.82) is 5.26 Å². The molecule has 0 amide bonds. The molecule has 0 fully saturated rings. The highest BCUT2D eigenvalue weighted by molar-refractivity contribution is 9.10. The molecule has 0 spiro atoms. The van der Waals surface area contributed by atoms with Gasteiger partial charge in [0.15, 0.2) is 4.67 Å². The maximum absolute atomic E-state index is 8.86. The normalized spacial score (nSPS) is 9.75. The van der Waals surface area contributed by atoms with Gasteiger partial charge in [0.1, 0.15) is 24.2 Å². The second-order valence-corrected chi connectivity index (χ2v) is 3.88. The third kappa shape index (κ3) is 2.44. The first kappa shape index (κ1) is 10.8. The largest absolute Gasteiger partial charge is 0.484 e. The Bertz CT molecular complexity index is 528. The molecule has 0 aliphatic carbocycles. The second kappa shape index (κ2) is 4.86. The predicted octanol–water partition coefficient (Wildman–Crippen LogP) is 3.49. The minimum absolute atomic E-state index is 0.310. The van der Waals surface area contributed by atoms with Crippen molar-refractivity contribution < 1.29 is 9.15 Å². The molecule has 0 unspecified atom stereocenters. The predicted molar refractivity (Wildman–Crippen MR) is 61.9 cm³/mol. The fourth-order valence-corrected chi connectivity index (χ4v) is 1.60.